The van der Waals surface area contributed by atoms with Crippen LogP contribution in [0.5, 0.6) is 0 Å². The lowest BCUT2D eigenvalue weighted by molar-refractivity contribution is -0.145. The van der Waals surface area contributed by atoms with E-state index < -0.39 is 23.4 Å². The number of aliphatic carboxylic acids is 2. The summed E-state index contributed by atoms with van der Waals surface area (Å²) < 4.78 is 0. The summed E-state index contributed by atoms with van der Waals surface area (Å²) in [7, 11) is 0. The van der Waals surface area contributed by atoms with Gasteiger partial charge in [0.25, 0.3) is 0 Å². The van der Waals surface area contributed by atoms with Crippen LogP contribution in [0.25, 0.3) is 0 Å². The van der Waals surface area contributed by atoms with Crippen molar-refractivity contribution in [2.45, 2.75) is 51.5 Å². The molecule has 120 valence electrons. The number of carbonyl (C=O) groups is 3. The molecule has 0 aliphatic heterocycles. The van der Waals surface area contributed by atoms with Gasteiger partial charge in [0, 0.05) is 13.0 Å². The number of carboxylic acid groups (broad SMARTS) is 2. The third-order valence-electron chi connectivity index (χ3n) is 4.35. The van der Waals surface area contributed by atoms with Crippen molar-refractivity contribution in [1.82, 2.24) is 5.32 Å². The Morgan fingerprint density at radius 2 is 1.86 bits per heavy atom. The van der Waals surface area contributed by atoms with Crippen molar-refractivity contribution in [2.24, 2.45) is 17.1 Å². The Balaban J connectivity index is 2.70. The van der Waals surface area contributed by atoms with Gasteiger partial charge in [0.1, 0.15) is 6.04 Å². The second-order valence-corrected chi connectivity index (χ2v) is 5.96. The van der Waals surface area contributed by atoms with Crippen LogP contribution in [0.4, 0.5) is 0 Å². The summed E-state index contributed by atoms with van der Waals surface area (Å²) in [6, 6.07) is -1.18. The van der Waals surface area contributed by atoms with E-state index in [0.29, 0.717) is 18.8 Å². The van der Waals surface area contributed by atoms with Crippen molar-refractivity contribution in [1.29, 1.82) is 0 Å². The highest BCUT2D eigenvalue weighted by molar-refractivity contribution is 5.88. The predicted molar refractivity (Wildman–Crippen MR) is 75.6 cm³/mol. The molecule has 0 saturated heterocycles. The highest BCUT2D eigenvalue weighted by atomic mass is 16.4. The smallest absolute Gasteiger partial charge is 0.326 e. The van der Waals surface area contributed by atoms with Gasteiger partial charge in [-0.25, -0.2) is 4.79 Å². The van der Waals surface area contributed by atoms with E-state index in [1.807, 2.05) is 0 Å². The van der Waals surface area contributed by atoms with Crippen LogP contribution in [0, 0.1) is 11.3 Å². The molecule has 0 bridgehead atoms. The topological polar surface area (TPSA) is 130 Å². The summed E-state index contributed by atoms with van der Waals surface area (Å²) in [5, 5.41) is 20.2. The quantitative estimate of drug-likeness (QED) is 0.544. The van der Waals surface area contributed by atoms with Crippen LogP contribution in [0.1, 0.15) is 45.4 Å². The summed E-state index contributed by atoms with van der Waals surface area (Å²) in [5.41, 5.74) is 5.04. The van der Waals surface area contributed by atoms with Crippen LogP contribution < -0.4 is 11.1 Å². The maximum absolute atomic E-state index is 12.4. The van der Waals surface area contributed by atoms with E-state index in [4.69, 9.17) is 15.9 Å². The van der Waals surface area contributed by atoms with Gasteiger partial charge < -0.3 is 21.3 Å². The molecule has 7 nitrogen and oxygen atoms in total. The highest BCUT2D eigenvalue weighted by Crippen LogP contribution is 2.38. The molecule has 1 rings (SSSR count). The van der Waals surface area contributed by atoms with Gasteiger partial charge in [-0.05, 0) is 38.0 Å². The summed E-state index contributed by atoms with van der Waals surface area (Å²) in [5.74, 6) is -2.13. The van der Waals surface area contributed by atoms with Gasteiger partial charge in [0.15, 0.2) is 0 Å². The van der Waals surface area contributed by atoms with Crippen LogP contribution in [0.2, 0.25) is 0 Å². The summed E-state index contributed by atoms with van der Waals surface area (Å²) in [4.78, 5) is 34.1. The molecule has 0 heterocycles. The lowest BCUT2D eigenvalue weighted by atomic mass is 9.70. The van der Waals surface area contributed by atoms with Gasteiger partial charge >= 0.3 is 11.9 Å². The molecule has 0 aromatic heterocycles. The van der Waals surface area contributed by atoms with Crippen LogP contribution in [0.15, 0.2) is 0 Å². The number of amides is 1. The Labute approximate surface area is 123 Å². The Hall–Kier alpha value is -1.63. The average molecular weight is 300 g/mol. The first-order valence-corrected chi connectivity index (χ1v) is 7.26. The molecule has 1 aliphatic rings. The summed E-state index contributed by atoms with van der Waals surface area (Å²) >= 11 is 0. The predicted octanol–water partition coefficient (Wildman–Crippen LogP) is 0.576. The molecule has 1 atom stereocenters. The fourth-order valence-corrected chi connectivity index (χ4v) is 2.68. The van der Waals surface area contributed by atoms with Gasteiger partial charge in [0.2, 0.25) is 5.91 Å². The van der Waals surface area contributed by atoms with Crippen LogP contribution in [0.3, 0.4) is 0 Å². The lowest BCUT2D eigenvalue weighted by Crippen LogP contribution is -2.52. The van der Waals surface area contributed by atoms with Crippen molar-refractivity contribution in [3.8, 4) is 0 Å². The maximum atomic E-state index is 12.4. The van der Waals surface area contributed by atoms with E-state index in [9.17, 15) is 14.4 Å². The van der Waals surface area contributed by atoms with E-state index in [2.05, 4.69) is 12.2 Å². The van der Waals surface area contributed by atoms with Crippen molar-refractivity contribution in [3.05, 3.63) is 0 Å². The Bertz CT molecular complexity index is 402. The number of rotatable bonds is 7. The van der Waals surface area contributed by atoms with E-state index >= 15 is 0 Å². The third kappa shape index (κ3) is 4.70. The highest BCUT2D eigenvalue weighted by Gasteiger charge is 2.41. The maximum Gasteiger partial charge on any atom is 0.326 e. The van der Waals surface area contributed by atoms with Gasteiger partial charge in [-0.1, -0.05) is 6.92 Å². The van der Waals surface area contributed by atoms with Gasteiger partial charge in [-0.3, -0.25) is 9.59 Å². The second-order valence-electron chi connectivity index (χ2n) is 5.96. The number of nitrogens with one attached hydrogen (secondary N) is 1. The monoisotopic (exact) mass is 300 g/mol. The first-order chi connectivity index (χ1) is 9.80. The average Bonchev–Trinajstić information content (AvgIpc) is 2.43. The van der Waals surface area contributed by atoms with Gasteiger partial charge in [-0.15, -0.1) is 0 Å². The molecule has 21 heavy (non-hydrogen) atoms. The molecule has 1 amide bonds. The van der Waals surface area contributed by atoms with E-state index in [-0.39, 0.29) is 25.3 Å². The number of carbonyl (C=O) groups excluding carboxylic acids is 1. The molecular weight excluding hydrogens is 276 g/mol. The zero-order valence-corrected chi connectivity index (χ0v) is 12.3. The van der Waals surface area contributed by atoms with Gasteiger partial charge in [-0.2, -0.15) is 0 Å². The molecule has 1 unspecified atom stereocenters. The molecule has 0 aromatic carbocycles. The fraction of sp³-hybridized carbons (Fsp3) is 0.786. The van der Waals surface area contributed by atoms with Crippen molar-refractivity contribution < 1.29 is 24.6 Å². The first-order valence-electron chi connectivity index (χ1n) is 7.26. The summed E-state index contributed by atoms with van der Waals surface area (Å²) in [6.07, 6.45) is 2.62. The molecule has 0 spiro atoms. The van der Waals surface area contributed by atoms with E-state index in [1.54, 1.807) is 0 Å². The number of carboxylic acids is 2. The number of hydrogen-bond acceptors (Lipinski definition) is 4. The van der Waals surface area contributed by atoms with Crippen molar-refractivity contribution in [2.75, 3.05) is 6.54 Å². The molecule has 1 aliphatic carbocycles. The van der Waals surface area contributed by atoms with Crippen LogP contribution in [-0.4, -0.2) is 40.6 Å². The fourth-order valence-electron chi connectivity index (χ4n) is 2.68. The van der Waals surface area contributed by atoms with Crippen molar-refractivity contribution in [3.63, 3.8) is 0 Å². The zero-order chi connectivity index (χ0) is 16.0. The minimum Gasteiger partial charge on any atom is -0.481 e. The molecule has 1 saturated carbocycles. The molecular formula is C14H24N2O5. The largest absolute Gasteiger partial charge is 0.481 e. The SMILES string of the molecule is CC1CCC(CN)(C(=O)NC(CCC(=O)O)C(=O)O)CC1. The third-order valence-corrected chi connectivity index (χ3v) is 4.35. The second kappa shape index (κ2) is 7.40. The number of nitrogens with two attached hydrogens (primary N) is 1. The standard InChI is InChI=1S/C14H24N2O5/c1-9-4-6-14(8-15,7-5-9)13(21)16-10(12(19)20)2-3-11(17)18/h9-10H,2-8,15H2,1H3,(H,16,21)(H,17,18)(H,19,20). The Morgan fingerprint density at radius 3 is 2.29 bits per heavy atom. The first kappa shape index (κ1) is 17.4. The minimum absolute atomic E-state index is 0.131. The van der Waals surface area contributed by atoms with E-state index in [1.165, 1.54) is 0 Å². The number of hydrogen-bond donors (Lipinski definition) is 4. The van der Waals surface area contributed by atoms with Crippen molar-refractivity contribution >= 4 is 17.8 Å². The van der Waals surface area contributed by atoms with E-state index in [0.717, 1.165) is 12.8 Å². The Morgan fingerprint density at radius 1 is 1.29 bits per heavy atom. The Kier molecular flexibility index (Phi) is 6.14. The molecule has 5 N–H and O–H groups in total. The normalized spacial score (nSPS) is 26.9. The molecule has 0 aromatic rings. The lowest BCUT2D eigenvalue weighted by Gasteiger charge is -2.37. The van der Waals surface area contributed by atoms with Crippen LogP contribution in [-0.2, 0) is 14.4 Å². The molecule has 7 heteroatoms. The van der Waals surface area contributed by atoms with Crippen LogP contribution >= 0.6 is 0 Å². The minimum atomic E-state index is -1.22. The summed E-state index contributed by atoms with van der Waals surface area (Å²) in [6.45, 7) is 2.29. The molecule has 1 fully saturated rings. The molecule has 0 radical (unpaired) electrons. The van der Waals surface area contributed by atoms with Gasteiger partial charge in [0.05, 0.1) is 5.41 Å². The zero-order valence-electron chi connectivity index (χ0n) is 12.3.